The monoisotopic (exact) mass is 341 g/mol. The Morgan fingerprint density at radius 3 is 2.70 bits per heavy atom. The first-order valence-electron chi connectivity index (χ1n) is 7.27. The molecule has 124 valence electrons. The van der Waals surface area contributed by atoms with Crippen LogP contribution in [0.15, 0.2) is 24.0 Å². The lowest BCUT2D eigenvalue weighted by atomic mass is 10.2. The largest absolute Gasteiger partial charge is 0.489 e. The molecule has 0 atom stereocenters. The molecule has 0 N–H and O–H groups in total. The van der Waals surface area contributed by atoms with Crippen molar-refractivity contribution >= 4 is 29.3 Å². The number of imide groups is 1. The Kier molecular flexibility index (Phi) is 5.26. The van der Waals surface area contributed by atoms with E-state index in [-0.39, 0.29) is 28.3 Å². The zero-order chi connectivity index (χ0) is 17.1. The van der Waals surface area contributed by atoms with Gasteiger partial charge in [-0.25, -0.2) is 14.1 Å². The first-order valence-corrected chi connectivity index (χ1v) is 7.65. The summed E-state index contributed by atoms with van der Waals surface area (Å²) in [5, 5.41) is 0.0571. The molecule has 1 fully saturated rings. The number of carbonyl (C=O) groups is 2. The fraction of sp³-hybridized carbons (Fsp3) is 0.375. The maximum atomic E-state index is 14.2. The fourth-order valence-electron chi connectivity index (χ4n) is 2.02. The van der Waals surface area contributed by atoms with Crippen LogP contribution in [0.4, 0.5) is 14.9 Å². The van der Waals surface area contributed by atoms with Gasteiger partial charge in [0.05, 0.1) is 16.8 Å². The molecule has 0 saturated carbocycles. The van der Waals surface area contributed by atoms with Crippen molar-refractivity contribution in [1.29, 1.82) is 0 Å². The molecule has 1 aliphatic rings. The molecule has 1 aliphatic heterocycles. The van der Waals surface area contributed by atoms with Crippen LogP contribution in [0, 0.1) is 5.82 Å². The molecule has 0 bridgehead atoms. The SMILES string of the molecule is CCCC=C1OC(=O)N(c2cc(OC(C)C)c(Cl)cc2F)C1=O. The van der Waals surface area contributed by atoms with E-state index in [1.54, 1.807) is 13.8 Å². The van der Waals surface area contributed by atoms with Crippen molar-refractivity contribution in [3.05, 3.63) is 34.8 Å². The van der Waals surface area contributed by atoms with Gasteiger partial charge >= 0.3 is 12.0 Å². The molecule has 2 rings (SSSR count). The third kappa shape index (κ3) is 3.64. The van der Waals surface area contributed by atoms with Gasteiger partial charge in [-0.2, -0.15) is 0 Å². The highest BCUT2D eigenvalue weighted by molar-refractivity contribution is 6.32. The van der Waals surface area contributed by atoms with Gasteiger partial charge in [0.1, 0.15) is 11.6 Å². The van der Waals surface area contributed by atoms with Gasteiger partial charge < -0.3 is 9.47 Å². The lowest BCUT2D eigenvalue weighted by molar-refractivity contribution is -0.114. The molecule has 1 aromatic rings. The van der Waals surface area contributed by atoms with E-state index < -0.39 is 17.8 Å². The van der Waals surface area contributed by atoms with E-state index in [9.17, 15) is 14.0 Å². The molecule has 0 aromatic heterocycles. The molecule has 0 unspecified atom stereocenters. The molecule has 0 spiro atoms. The summed E-state index contributed by atoms with van der Waals surface area (Å²) in [5.41, 5.74) is -0.250. The number of rotatable bonds is 5. The van der Waals surface area contributed by atoms with Crippen LogP contribution in [0.1, 0.15) is 33.6 Å². The smallest absolute Gasteiger partial charge is 0.427 e. The van der Waals surface area contributed by atoms with Crippen LogP contribution in [-0.2, 0) is 9.53 Å². The van der Waals surface area contributed by atoms with Gasteiger partial charge in [-0.15, -0.1) is 0 Å². The topological polar surface area (TPSA) is 55.8 Å². The highest BCUT2D eigenvalue weighted by Crippen LogP contribution is 2.35. The van der Waals surface area contributed by atoms with Gasteiger partial charge in [-0.05, 0) is 32.4 Å². The van der Waals surface area contributed by atoms with Gasteiger partial charge in [0, 0.05) is 6.07 Å². The van der Waals surface area contributed by atoms with Crippen LogP contribution in [0.25, 0.3) is 0 Å². The number of carbonyl (C=O) groups excluding carboxylic acids is 2. The molecule has 23 heavy (non-hydrogen) atoms. The summed E-state index contributed by atoms with van der Waals surface area (Å²) in [4.78, 5) is 24.8. The number of anilines is 1. The van der Waals surface area contributed by atoms with Gasteiger partial charge in [-0.3, -0.25) is 4.79 Å². The van der Waals surface area contributed by atoms with Crippen LogP contribution < -0.4 is 9.64 Å². The highest BCUT2D eigenvalue weighted by atomic mass is 35.5. The maximum Gasteiger partial charge on any atom is 0.427 e. The Morgan fingerprint density at radius 1 is 1.39 bits per heavy atom. The summed E-state index contributed by atoms with van der Waals surface area (Å²) in [6.07, 6.45) is 1.73. The van der Waals surface area contributed by atoms with E-state index in [0.717, 1.165) is 12.5 Å². The van der Waals surface area contributed by atoms with E-state index in [4.69, 9.17) is 21.1 Å². The summed E-state index contributed by atoms with van der Waals surface area (Å²) in [7, 11) is 0. The average molecular weight is 342 g/mol. The normalized spacial score (nSPS) is 16.4. The second-order valence-electron chi connectivity index (χ2n) is 5.27. The zero-order valence-corrected chi connectivity index (χ0v) is 13.8. The fourth-order valence-corrected chi connectivity index (χ4v) is 2.22. The van der Waals surface area contributed by atoms with Gasteiger partial charge in [0.2, 0.25) is 0 Å². The molecule has 1 aromatic carbocycles. The molecule has 0 aliphatic carbocycles. The molecule has 0 radical (unpaired) electrons. The van der Waals surface area contributed by atoms with Crippen molar-refractivity contribution in [2.45, 2.75) is 39.7 Å². The number of hydrogen-bond donors (Lipinski definition) is 0. The Hall–Kier alpha value is -2.08. The Balaban J connectivity index is 2.41. The van der Waals surface area contributed by atoms with Crippen molar-refractivity contribution in [3.8, 4) is 5.75 Å². The minimum Gasteiger partial charge on any atom is -0.489 e. The summed E-state index contributed by atoms with van der Waals surface area (Å²) in [5.74, 6) is -1.43. The van der Waals surface area contributed by atoms with Gasteiger partial charge in [0.15, 0.2) is 5.76 Å². The van der Waals surface area contributed by atoms with E-state index in [1.807, 2.05) is 6.92 Å². The van der Waals surface area contributed by atoms with E-state index in [0.29, 0.717) is 11.3 Å². The van der Waals surface area contributed by atoms with E-state index in [1.165, 1.54) is 12.1 Å². The number of benzene rings is 1. The van der Waals surface area contributed by atoms with Crippen molar-refractivity contribution < 1.29 is 23.5 Å². The highest BCUT2D eigenvalue weighted by Gasteiger charge is 2.39. The van der Waals surface area contributed by atoms with Crippen LogP contribution in [-0.4, -0.2) is 18.1 Å². The van der Waals surface area contributed by atoms with Crippen molar-refractivity contribution in [2.24, 2.45) is 0 Å². The second-order valence-corrected chi connectivity index (χ2v) is 5.67. The molecule has 7 heteroatoms. The minimum absolute atomic E-state index is 0.0571. The first-order chi connectivity index (χ1) is 10.8. The van der Waals surface area contributed by atoms with Crippen LogP contribution in [0.5, 0.6) is 5.75 Å². The Morgan fingerprint density at radius 2 is 2.09 bits per heavy atom. The minimum atomic E-state index is -0.950. The third-order valence-corrected chi connectivity index (χ3v) is 3.31. The molecule has 2 amide bonds. The summed E-state index contributed by atoms with van der Waals surface area (Å²) in [6.45, 7) is 5.48. The van der Waals surface area contributed by atoms with E-state index in [2.05, 4.69) is 0 Å². The average Bonchev–Trinajstić information content (AvgIpc) is 2.74. The standard InChI is InChI=1S/C16H17ClFNO4/c1-4-5-6-13-15(20)19(16(21)23-13)12-8-14(22-9(2)3)10(17)7-11(12)18/h6-9H,4-5H2,1-3H3. The van der Waals surface area contributed by atoms with Gasteiger partial charge in [-0.1, -0.05) is 24.9 Å². The predicted octanol–water partition coefficient (Wildman–Crippen LogP) is 4.43. The van der Waals surface area contributed by atoms with Crippen molar-refractivity contribution in [3.63, 3.8) is 0 Å². The molecular weight excluding hydrogens is 325 g/mol. The second kappa shape index (κ2) is 7.00. The predicted molar refractivity (Wildman–Crippen MR) is 84.1 cm³/mol. The Bertz CT molecular complexity index is 672. The number of hydrogen-bond acceptors (Lipinski definition) is 4. The number of amides is 2. The molecule has 1 heterocycles. The molecular formula is C16H17ClFNO4. The third-order valence-electron chi connectivity index (χ3n) is 3.02. The van der Waals surface area contributed by atoms with Crippen molar-refractivity contribution in [1.82, 2.24) is 0 Å². The van der Waals surface area contributed by atoms with Crippen LogP contribution in [0.2, 0.25) is 5.02 Å². The number of allylic oxidation sites excluding steroid dienone is 1. The zero-order valence-electron chi connectivity index (χ0n) is 13.1. The van der Waals surface area contributed by atoms with Crippen molar-refractivity contribution in [2.75, 3.05) is 4.90 Å². The van der Waals surface area contributed by atoms with Crippen LogP contribution in [0.3, 0.4) is 0 Å². The number of unbranched alkanes of at least 4 members (excludes halogenated alkanes) is 1. The summed E-state index contributed by atoms with van der Waals surface area (Å²) >= 11 is 5.93. The summed E-state index contributed by atoms with van der Waals surface area (Å²) in [6, 6.07) is 2.22. The van der Waals surface area contributed by atoms with Gasteiger partial charge in [0.25, 0.3) is 0 Å². The molecule has 5 nitrogen and oxygen atoms in total. The number of nitrogens with zero attached hydrogens (tertiary/aromatic N) is 1. The number of ether oxygens (including phenoxy) is 2. The lowest BCUT2D eigenvalue weighted by Crippen LogP contribution is -2.29. The maximum absolute atomic E-state index is 14.2. The number of cyclic esters (lactones) is 1. The van der Waals surface area contributed by atoms with E-state index >= 15 is 0 Å². The number of halogens is 2. The lowest BCUT2D eigenvalue weighted by Gasteiger charge is -2.16. The molecule has 1 saturated heterocycles. The summed E-state index contributed by atoms with van der Waals surface area (Å²) < 4.78 is 24.6. The first kappa shape index (κ1) is 17.3. The quantitative estimate of drug-likeness (QED) is 0.743. The van der Waals surface area contributed by atoms with Crippen LogP contribution >= 0.6 is 11.6 Å². The Labute approximate surface area is 138 Å².